The normalized spacial score (nSPS) is 33.5. The molecule has 2 bridgehead atoms. The summed E-state index contributed by atoms with van der Waals surface area (Å²) in [5.74, 6) is 1.81. The molecule has 2 unspecified atom stereocenters. The van der Waals surface area contributed by atoms with Crippen molar-refractivity contribution in [1.29, 1.82) is 0 Å². The van der Waals surface area contributed by atoms with E-state index in [2.05, 4.69) is 50.3 Å². The highest BCUT2D eigenvalue weighted by atomic mass is 14.5. The number of allylic oxidation sites excluding steroid dienone is 1. The minimum absolute atomic E-state index is 0.443. The molecule has 1 aromatic carbocycles. The van der Waals surface area contributed by atoms with Crippen LogP contribution in [0.3, 0.4) is 0 Å². The molecular weight excluding hydrogens is 192 g/mol. The molecule has 16 heavy (non-hydrogen) atoms. The molecule has 0 heterocycles. The highest BCUT2D eigenvalue weighted by Gasteiger charge is 2.48. The van der Waals surface area contributed by atoms with Crippen LogP contribution in [0.1, 0.15) is 38.7 Å². The van der Waals surface area contributed by atoms with E-state index < -0.39 is 0 Å². The molecule has 2 aliphatic rings. The van der Waals surface area contributed by atoms with E-state index in [0.717, 1.165) is 11.8 Å². The van der Waals surface area contributed by atoms with Gasteiger partial charge in [-0.2, -0.15) is 0 Å². The molecule has 2 aliphatic carbocycles. The summed E-state index contributed by atoms with van der Waals surface area (Å²) < 4.78 is 0. The third kappa shape index (κ3) is 1.43. The maximum atomic E-state index is 2.45. The van der Waals surface area contributed by atoms with Gasteiger partial charge in [-0.3, -0.25) is 0 Å². The van der Waals surface area contributed by atoms with Crippen LogP contribution < -0.4 is 0 Å². The average Bonchev–Trinajstić information content (AvgIpc) is 2.83. The van der Waals surface area contributed by atoms with Crippen molar-refractivity contribution in [2.75, 3.05) is 0 Å². The minimum Gasteiger partial charge on any atom is -0.0622 e. The maximum Gasteiger partial charge on any atom is -0.0110 e. The second-order valence-electron chi connectivity index (χ2n) is 5.94. The van der Waals surface area contributed by atoms with Gasteiger partial charge in [-0.25, -0.2) is 0 Å². The van der Waals surface area contributed by atoms with Crippen molar-refractivity contribution in [1.82, 2.24) is 0 Å². The van der Waals surface area contributed by atoms with Gasteiger partial charge in [-0.15, -0.1) is 0 Å². The van der Waals surface area contributed by atoms with Gasteiger partial charge < -0.3 is 0 Å². The lowest BCUT2D eigenvalue weighted by molar-refractivity contribution is 0.290. The third-order valence-corrected chi connectivity index (χ3v) is 4.76. The van der Waals surface area contributed by atoms with E-state index in [1.165, 1.54) is 24.8 Å². The number of benzene rings is 1. The van der Waals surface area contributed by atoms with Gasteiger partial charge in [-0.05, 0) is 42.1 Å². The molecule has 0 radical (unpaired) electrons. The van der Waals surface area contributed by atoms with Gasteiger partial charge >= 0.3 is 0 Å². The molecule has 1 aromatic rings. The van der Waals surface area contributed by atoms with E-state index in [1.807, 2.05) is 0 Å². The van der Waals surface area contributed by atoms with Gasteiger partial charge in [0.15, 0.2) is 0 Å². The van der Waals surface area contributed by atoms with Crippen LogP contribution in [-0.4, -0.2) is 0 Å². The van der Waals surface area contributed by atoms with Crippen LogP contribution in [0.2, 0.25) is 0 Å². The maximum absolute atomic E-state index is 2.45. The smallest absolute Gasteiger partial charge is 0.0110 e. The van der Waals surface area contributed by atoms with E-state index in [0.29, 0.717) is 5.41 Å². The molecule has 2 atom stereocenters. The fourth-order valence-corrected chi connectivity index (χ4v) is 3.71. The molecule has 0 saturated heterocycles. The molecule has 0 heteroatoms. The number of rotatable bonds is 1. The van der Waals surface area contributed by atoms with Crippen molar-refractivity contribution in [3.8, 4) is 0 Å². The van der Waals surface area contributed by atoms with Crippen molar-refractivity contribution in [2.24, 2.45) is 17.3 Å². The zero-order valence-electron chi connectivity index (χ0n) is 10.2. The van der Waals surface area contributed by atoms with E-state index >= 15 is 0 Å². The quantitative estimate of drug-likeness (QED) is 0.641. The fourth-order valence-electron chi connectivity index (χ4n) is 3.71. The topological polar surface area (TPSA) is 0 Å². The molecule has 2 saturated carbocycles. The van der Waals surface area contributed by atoms with Crippen molar-refractivity contribution < 1.29 is 0 Å². The van der Waals surface area contributed by atoms with Crippen LogP contribution in [0.15, 0.2) is 35.9 Å². The molecule has 0 N–H and O–H groups in total. The monoisotopic (exact) mass is 212 g/mol. The Morgan fingerprint density at radius 2 is 1.88 bits per heavy atom. The minimum atomic E-state index is 0.443. The SMILES string of the molecule is CC1(C)/C(=C/c2ccccc2)C2CCC1C2. The summed E-state index contributed by atoms with van der Waals surface area (Å²) in [6.45, 7) is 4.87. The molecule has 0 amide bonds. The Morgan fingerprint density at radius 3 is 2.50 bits per heavy atom. The second-order valence-corrected chi connectivity index (χ2v) is 5.94. The first-order chi connectivity index (χ1) is 7.68. The summed E-state index contributed by atoms with van der Waals surface area (Å²) in [6.07, 6.45) is 6.76. The second kappa shape index (κ2) is 3.48. The van der Waals surface area contributed by atoms with Crippen LogP contribution in [0.25, 0.3) is 6.08 Å². The Labute approximate surface area is 98.4 Å². The van der Waals surface area contributed by atoms with E-state index in [4.69, 9.17) is 0 Å². The first-order valence-corrected chi connectivity index (χ1v) is 6.45. The van der Waals surface area contributed by atoms with Gasteiger partial charge in [0.1, 0.15) is 0 Å². The van der Waals surface area contributed by atoms with Gasteiger partial charge in [0.2, 0.25) is 0 Å². The van der Waals surface area contributed by atoms with E-state index in [1.54, 1.807) is 5.57 Å². The van der Waals surface area contributed by atoms with Crippen LogP contribution in [0.4, 0.5) is 0 Å². The molecule has 0 aliphatic heterocycles. The van der Waals surface area contributed by atoms with Gasteiger partial charge in [0, 0.05) is 0 Å². The fraction of sp³-hybridized carbons (Fsp3) is 0.500. The van der Waals surface area contributed by atoms with Gasteiger partial charge in [0.25, 0.3) is 0 Å². The van der Waals surface area contributed by atoms with Crippen LogP contribution in [0, 0.1) is 17.3 Å². The summed E-state index contributed by atoms with van der Waals surface area (Å²) in [4.78, 5) is 0. The zero-order chi connectivity index (χ0) is 11.2. The Kier molecular flexibility index (Phi) is 2.20. The lowest BCUT2D eigenvalue weighted by Gasteiger charge is -2.33. The Hall–Kier alpha value is -1.04. The number of fused-ring (bicyclic) bond motifs is 2. The zero-order valence-corrected chi connectivity index (χ0v) is 10.2. The Bertz CT molecular complexity index is 411. The van der Waals surface area contributed by atoms with Crippen molar-refractivity contribution in [2.45, 2.75) is 33.1 Å². The largest absolute Gasteiger partial charge is 0.0622 e. The Morgan fingerprint density at radius 1 is 1.12 bits per heavy atom. The predicted molar refractivity (Wildman–Crippen MR) is 69.0 cm³/mol. The molecule has 0 aromatic heterocycles. The highest BCUT2D eigenvalue weighted by molar-refractivity contribution is 5.56. The summed E-state index contributed by atoms with van der Waals surface area (Å²) in [7, 11) is 0. The summed E-state index contributed by atoms with van der Waals surface area (Å²) >= 11 is 0. The highest BCUT2D eigenvalue weighted by Crippen LogP contribution is 2.59. The van der Waals surface area contributed by atoms with Gasteiger partial charge in [-0.1, -0.05) is 55.8 Å². The van der Waals surface area contributed by atoms with Crippen molar-refractivity contribution >= 4 is 6.08 Å². The molecule has 84 valence electrons. The standard InChI is InChI=1S/C16H20/c1-16(2)14-9-8-13(11-14)15(16)10-12-6-4-3-5-7-12/h3-7,10,13-14H,8-9,11H2,1-2H3/b15-10+. The summed E-state index contributed by atoms with van der Waals surface area (Å²) in [6, 6.07) is 10.8. The molecule has 2 fully saturated rings. The van der Waals surface area contributed by atoms with Crippen molar-refractivity contribution in [3.05, 3.63) is 41.5 Å². The van der Waals surface area contributed by atoms with Crippen LogP contribution in [0.5, 0.6) is 0 Å². The Balaban J connectivity index is 1.98. The molecule has 0 nitrogen and oxygen atoms in total. The predicted octanol–water partition coefficient (Wildman–Crippen LogP) is 4.53. The molecule has 0 spiro atoms. The summed E-state index contributed by atoms with van der Waals surface area (Å²) in [5.41, 5.74) is 3.52. The lowest BCUT2D eigenvalue weighted by atomic mass is 9.72. The number of hydrogen-bond acceptors (Lipinski definition) is 0. The first kappa shape index (κ1) is 10.1. The van der Waals surface area contributed by atoms with E-state index in [-0.39, 0.29) is 0 Å². The van der Waals surface area contributed by atoms with Gasteiger partial charge in [0.05, 0.1) is 0 Å². The molecule has 3 rings (SSSR count). The third-order valence-electron chi connectivity index (χ3n) is 4.76. The van der Waals surface area contributed by atoms with Crippen LogP contribution >= 0.6 is 0 Å². The molecular formula is C16H20. The average molecular weight is 212 g/mol. The van der Waals surface area contributed by atoms with Crippen LogP contribution in [-0.2, 0) is 0 Å². The van der Waals surface area contributed by atoms with E-state index in [9.17, 15) is 0 Å². The number of hydrogen-bond donors (Lipinski definition) is 0. The van der Waals surface area contributed by atoms with Crippen molar-refractivity contribution in [3.63, 3.8) is 0 Å². The summed E-state index contributed by atoms with van der Waals surface area (Å²) in [5, 5.41) is 0. The lowest BCUT2D eigenvalue weighted by Crippen LogP contribution is -2.22. The first-order valence-electron chi connectivity index (χ1n) is 6.45.